The Morgan fingerprint density at radius 1 is 1.32 bits per heavy atom. The zero-order valence-corrected chi connectivity index (χ0v) is 12.2. The summed E-state index contributed by atoms with van der Waals surface area (Å²) in [6.45, 7) is 1.87. The van der Waals surface area contributed by atoms with Gasteiger partial charge in [-0.3, -0.25) is 4.79 Å². The number of carbonyl (C=O) groups is 1. The zero-order chi connectivity index (χ0) is 15.4. The predicted octanol–water partition coefficient (Wildman–Crippen LogP) is 3.35. The molecule has 0 saturated carbocycles. The number of ether oxygens (including phenoxy) is 1. The molecule has 1 unspecified atom stereocenters. The molecule has 0 N–H and O–H groups in total. The maximum absolute atomic E-state index is 13.4. The largest absolute Gasteiger partial charge is 0.491 e. The number of furan rings is 1. The molecule has 1 amide bonds. The van der Waals surface area contributed by atoms with E-state index in [4.69, 9.17) is 9.15 Å². The molecule has 1 fully saturated rings. The number of benzene rings is 1. The summed E-state index contributed by atoms with van der Waals surface area (Å²) in [5.74, 6) is 0.629. The summed E-state index contributed by atoms with van der Waals surface area (Å²) in [4.78, 5) is 13.9. The number of halogens is 1. The Hall–Kier alpha value is -2.30. The summed E-state index contributed by atoms with van der Waals surface area (Å²) in [6, 6.07) is 9.78. The molecule has 0 bridgehead atoms. The van der Waals surface area contributed by atoms with Gasteiger partial charge in [0.25, 0.3) is 5.91 Å². The highest BCUT2D eigenvalue weighted by Gasteiger charge is 2.28. The van der Waals surface area contributed by atoms with Gasteiger partial charge in [0.15, 0.2) is 17.3 Å². The first-order valence-corrected chi connectivity index (χ1v) is 7.44. The lowest BCUT2D eigenvalue weighted by atomic mass is 10.1. The molecule has 2 aromatic rings. The Kier molecular flexibility index (Phi) is 4.42. The molecule has 4 nitrogen and oxygen atoms in total. The highest BCUT2D eigenvalue weighted by Crippen LogP contribution is 2.23. The van der Waals surface area contributed by atoms with Crippen molar-refractivity contribution in [1.82, 2.24) is 4.90 Å². The summed E-state index contributed by atoms with van der Waals surface area (Å²) < 4.78 is 24.0. The number of rotatable bonds is 5. The maximum atomic E-state index is 13.4. The van der Waals surface area contributed by atoms with Crippen molar-refractivity contribution in [3.05, 3.63) is 54.2 Å². The SMILES string of the molecule is O=C(c1ccco1)N1CCC(CCOc2ccccc2F)C1. The molecule has 1 aromatic carbocycles. The highest BCUT2D eigenvalue weighted by atomic mass is 19.1. The minimum Gasteiger partial charge on any atom is -0.491 e. The van der Waals surface area contributed by atoms with Gasteiger partial charge < -0.3 is 14.1 Å². The average molecular weight is 303 g/mol. The van der Waals surface area contributed by atoms with Crippen LogP contribution < -0.4 is 4.74 Å². The van der Waals surface area contributed by atoms with Crippen LogP contribution in [0, 0.1) is 11.7 Å². The molecular formula is C17H18FNO3. The van der Waals surface area contributed by atoms with E-state index in [1.165, 1.54) is 12.3 Å². The van der Waals surface area contributed by atoms with E-state index >= 15 is 0 Å². The van der Waals surface area contributed by atoms with Crippen molar-refractivity contribution >= 4 is 5.91 Å². The molecule has 2 heterocycles. The van der Waals surface area contributed by atoms with E-state index in [0.717, 1.165) is 19.4 Å². The summed E-state index contributed by atoms with van der Waals surface area (Å²) in [5.41, 5.74) is 0. The summed E-state index contributed by atoms with van der Waals surface area (Å²) in [5, 5.41) is 0. The Morgan fingerprint density at radius 2 is 2.18 bits per heavy atom. The van der Waals surface area contributed by atoms with Gasteiger partial charge in [-0.15, -0.1) is 0 Å². The summed E-state index contributed by atoms with van der Waals surface area (Å²) >= 11 is 0. The highest BCUT2D eigenvalue weighted by molar-refractivity contribution is 5.91. The second kappa shape index (κ2) is 6.64. The standard InChI is InChI=1S/C17H18FNO3/c18-14-4-1-2-5-15(14)22-11-8-13-7-9-19(12-13)17(20)16-6-3-10-21-16/h1-6,10,13H,7-9,11-12H2. The van der Waals surface area contributed by atoms with E-state index in [9.17, 15) is 9.18 Å². The minimum absolute atomic E-state index is 0.0671. The van der Waals surface area contributed by atoms with Gasteiger partial charge in [0.1, 0.15) is 0 Å². The molecular weight excluding hydrogens is 285 g/mol. The number of likely N-dealkylation sites (tertiary alicyclic amines) is 1. The van der Waals surface area contributed by atoms with Crippen LogP contribution in [0.3, 0.4) is 0 Å². The van der Waals surface area contributed by atoms with Crippen molar-refractivity contribution in [1.29, 1.82) is 0 Å². The second-order valence-corrected chi connectivity index (χ2v) is 5.45. The smallest absolute Gasteiger partial charge is 0.289 e. The van der Waals surface area contributed by atoms with Crippen molar-refractivity contribution in [2.24, 2.45) is 5.92 Å². The Morgan fingerprint density at radius 3 is 2.95 bits per heavy atom. The monoisotopic (exact) mass is 303 g/mol. The molecule has 1 aliphatic heterocycles. The van der Waals surface area contributed by atoms with E-state index in [1.807, 2.05) is 0 Å². The number of para-hydroxylation sites is 1. The molecule has 1 atom stereocenters. The van der Waals surface area contributed by atoms with Crippen LogP contribution in [0.4, 0.5) is 4.39 Å². The Balaban J connectivity index is 1.45. The topological polar surface area (TPSA) is 42.7 Å². The lowest BCUT2D eigenvalue weighted by molar-refractivity contribution is 0.0753. The van der Waals surface area contributed by atoms with Crippen molar-refractivity contribution < 1.29 is 18.3 Å². The fourth-order valence-corrected chi connectivity index (χ4v) is 2.71. The summed E-state index contributed by atoms with van der Waals surface area (Å²) in [6.07, 6.45) is 3.24. The molecule has 0 aliphatic carbocycles. The molecule has 0 radical (unpaired) electrons. The lowest BCUT2D eigenvalue weighted by Gasteiger charge is -2.15. The van der Waals surface area contributed by atoms with Gasteiger partial charge in [-0.2, -0.15) is 0 Å². The van der Waals surface area contributed by atoms with Gasteiger partial charge in [0.05, 0.1) is 12.9 Å². The first-order chi connectivity index (χ1) is 10.7. The molecule has 3 rings (SSSR count). The third-order valence-corrected chi connectivity index (χ3v) is 3.93. The van der Waals surface area contributed by atoms with E-state index in [-0.39, 0.29) is 17.5 Å². The van der Waals surface area contributed by atoms with Crippen LogP contribution in [0.5, 0.6) is 5.75 Å². The van der Waals surface area contributed by atoms with E-state index in [0.29, 0.717) is 24.8 Å². The van der Waals surface area contributed by atoms with Gasteiger partial charge in [0, 0.05) is 13.1 Å². The van der Waals surface area contributed by atoms with Crippen molar-refractivity contribution in [2.75, 3.05) is 19.7 Å². The Bertz CT molecular complexity index is 627. The van der Waals surface area contributed by atoms with Gasteiger partial charge in [0.2, 0.25) is 0 Å². The number of nitrogens with zero attached hydrogens (tertiary/aromatic N) is 1. The number of amides is 1. The fourth-order valence-electron chi connectivity index (χ4n) is 2.71. The first-order valence-electron chi connectivity index (χ1n) is 7.44. The molecule has 22 heavy (non-hydrogen) atoms. The molecule has 1 aromatic heterocycles. The fraction of sp³-hybridized carbons (Fsp3) is 0.353. The van der Waals surface area contributed by atoms with Crippen LogP contribution in [-0.2, 0) is 0 Å². The predicted molar refractivity (Wildman–Crippen MR) is 79.2 cm³/mol. The van der Waals surface area contributed by atoms with Crippen LogP contribution in [-0.4, -0.2) is 30.5 Å². The van der Waals surface area contributed by atoms with Crippen LogP contribution in [0.1, 0.15) is 23.4 Å². The van der Waals surface area contributed by atoms with Crippen LogP contribution in [0.25, 0.3) is 0 Å². The third kappa shape index (κ3) is 3.30. The van der Waals surface area contributed by atoms with Gasteiger partial charge >= 0.3 is 0 Å². The molecule has 5 heteroatoms. The van der Waals surface area contributed by atoms with E-state index in [1.54, 1.807) is 35.2 Å². The van der Waals surface area contributed by atoms with Crippen LogP contribution in [0.2, 0.25) is 0 Å². The van der Waals surface area contributed by atoms with Gasteiger partial charge in [-0.05, 0) is 43.0 Å². The minimum atomic E-state index is -0.344. The normalized spacial score (nSPS) is 17.7. The molecule has 116 valence electrons. The van der Waals surface area contributed by atoms with E-state index in [2.05, 4.69) is 0 Å². The second-order valence-electron chi connectivity index (χ2n) is 5.45. The van der Waals surface area contributed by atoms with Crippen molar-refractivity contribution in [2.45, 2.75) is 12.8 Å². The van der Waals surface area contributed by atoms with Crippen LogP contribution in [0.15, 0.2) is 47.1 Å². The third-order valence-electron chi connectivity index (χ3n) is 3.93. The average Bonchev–Trinajstić information content (AvgIpc) is 3.20. The van der Waals surface area contributed by atoms with Gasteiger partial charge in [-0.25, -0.2) is 4.39 Å². The van der Waals surface area contributed by atoms with Crippen molar-refractivity contribution in [3.63, 3.8) is 0 Å². The number of hydrogen-bond donors (Lipinski definition) is 0. The van der Waals surface area contributed by atoms with E-state index < -0.39 is 0 Å². The van der Waals surface area contributed by atoms with Crippen molar-refractivity contribution in [3.8, 4) is 5.75 Å². The quantitative estimate of drug-likeness (QED) is 0.850. The van der Waals surface area contributed by atoms with Crippen LogP contribution >= 0.6 is 0 Å². The number of hydrogen-bond acceptors (Lipinski definition) is 3. The summed E-state index contributed by atoms with van der Waals surface area (Å²) in [7, 11) is 0. The zero-order valence-electron chi connectivity index (χ0n) is 12.2. The Labute approximate surface area is 128 Å². The molecule has 1 saturated heterocycles. The first kappa shape index (κ1) is 14.6. The van der Waals surface area contributed by atoms with Gasteiger partial charge in [-0.1, -0.05) is 12.1 Å². The molecule has 0 spiro atoms. The lowest BCUT2D eigenvalue weighted by Crippen LogP contribution is -2.28. The maximum Gasteiger partial charge on any atom is 0.289 e. The number of carbonyl (C=O) groups excluding carboxylic acids is 1. The molecule has 1 aliphatic rings.